The predicted molar refractivity (Wildman–Crippen MR) is 64.6 cm³/mol. The Balaban J connectivity index is 3.32. The molecule has 0 saturated heterocycles. The summed E-state index contributed by atoms with van der Waals surface area (Å²) in [6.45, 7) is 5.84. The van der Waals surface area contributed by atoms with Crippen LogP contribution in [0.25, 0.3) is 0 Å². The van der Waals surface area contributed by atoms with Gasteiger partial charge in [0.25, 0.3) is 0 Å². The highest BCUT2D eigenvalue weighted by Crippen LogP contribution is 2.06. The second kappa shape index (κ2) is 9.01. The molecule has 0 aliphatic heterocycles. The summed E-state index contributed by atoms with van der Waals surface area (Å²) in [5.41, 5.74) is 0. The monoisotopic (exact) mass is 249 g/mol. The van der Waals surface area contributed by atoms with Crippen LogP contribution in [0.3, 0.4) is 0 Å². The fourth-order valence-corrected chi connectivity index (χ4v) is 1.89. The number of unbranched alkanes of at least 4 members (excludes halogenated alkanes) is 2. The number of hydrogen-bond donors (Lipinski definition) is 0. The van der Waals surface area contributed by atoms with Crippen molar-refractivity contribution in [2.75, 3.05) is 18.9 Å². The Morgan fingerprint density at radius 1 is 1.23 bits per heavy atom. The molecule has 13 heavy (non-hydrogen) atoms. The van der Waals surface area contributed by atoms with Crippen LogP contribution in [-0.4, -0.2) is 29.9 Å². The average Bonchev–Trinajstić information content (AvgIpc) is 2.12. The largest absolute Gasteiger partial charge is 0.304 e. The molecule has 0 aliphatic rings. The van der Waals surface area contributed by atoms with Gasteiger partial charge in [0, 0.05) is 11.4 Å². The molecule has 0 aromatic carbocycles. The first-order chi connectivity index (χ1) is 6.22. The molecule has 0 aromatic rings. The van der Waals surface area contributed by atoms with E-state index in [1.807, 2.05) is 0 Å². The highest BCUT2D eigenvalue weighted by atomic mass is 79.9. The first-order valence-electron chi connectivity index (χ1n) is 5.48. The lowest BCUT2D eigenvalue weighted by Gasteiger charge is -2.24. The normalized spacial score (nSPS) is 13.6. The molecule has 0 radical (unpaired) electrons. The molecular formula is C11H24BrN. The second-order valence-corrected chi connectivity index (χ2v) is 4.66. The van der Waals surface area contributed by atoms with Crippen LogP contribution in [0.2, 0.25) is 0 Å². The van der Waals surface area contributed by atoms with Crippen LogP contribution < -0.4 is 0 Å². The average molecular weight is 250 g/mol. The minimum Gasteiger partial charge on any atom is -0.304 e. The number of hydrogen-bond acceptors (Lipinski definition) is 1. The van der Waals surface area contributed by atoms with Gasteiger partial charge in [0.05, 0.1) is 0 Å². The lowest BCUT2D eigenvalue weighted by molar-refractivity contribution is 0.240. The van der Waals surface area contributed by atoms with Crippen molar-refractivity contribution < 1.29 is 0 Å². The van der Waals surface area contributed by atoms with E-state index in [1.165, 1.54) is 38.6 Å². The van der Waals surface area contributed by atoms with Crippen molar-refractivity contribution in [3.05, 3.63) is 0 Å². The fourth-order valence-electron chi connectivity index (χ4n) is 1.49. The minimum atomic E-state index is 0.758. The van der Waals surface area contributed by atoms with Crippen LogP contribution in [0, 0.1) is 0 Å². The van der Waals surface area contributed by atoms with E-state index in [2.05, 4.69) is 41.7 Å². The Morgan fingerprint density at radius 2 is 1.92 bits per heavy atom. The van der Waals surface area contributed by atoms with E-state index in [-0.39, 0.29) is 0 Å². The molecular weight excluding hydrogens is 226 g/mol. The van der Waals surface area contributed by atoms with Crippen molar-refractivity contribution in [3.63, 3.8) is 0 Å². The van der Waals surface area contributed by atoms with Crippen molar-refractivity contribution in [1.29, 1.82) is 0 Å². The summed E-state index contributed by atoms with van der Waals surface area (Å²) in [4.78, 5) is 2.48. The molecule has 0 fully saturated rings. The molecule has 0 saturated carbocycles. The van der Waals surface area contributed by atoms with Crippen LogP contribution >= 0.6 is 15.9 Å². The summed E-state index contributed by atoms with van der Waals surface area (Å²) < 4.78 is 0. The highest BCUT2D eigenvalue weighted by Gasteiger charge is 2.06. The van der Waals surface area contributed by atoms with Gasteiger partial charge in [0.15, 0.2) is 0 Å². The zero-order chi connectivity index (χ0) is 10.1. The molecule has 0 aliphatic carbocycles. The van der Waals surface area contributed by atoms with E-state index in [1.54, 1.807) is 0 Å². The van der Waals surface area contributed by atoms with Crippen molar-refractivity contribution >= 4 is 15.9 Å². The maximum absolute atomic E-state index is 3.46. The zero-order valence-corrected chi connectivity index (χ0v) is 10.9. The second-order valence-electron chi connectivity index (χ2n) is 3.87. The van der Waals surface area contributed by atoms with E-state index in [4.69, 9.17) is 0 Å². The summed E-state index contributed by atoms with van der Waals surface area (Å²) in [5.74, 6) is 0. The van der Waals surface area contributed by atoms with E-state index < -0.39 is 0 Å². The molecule has 0 heterocycles. The van der Waals surface area contributed by atoms with Gasteiger partial charge in [0.2, 0.25) is 0 Å². The van der Waals surface area contributed by atoms with Crippen LogP contribution in [0.1, 0.15) is 46.0 Å². The molecule has 0 bridgehead atoms. The third-order valence-corrected chi connectivity index (χ3v) is 3.16. The van der Waals surface area contributed by atoms with Crippen molar-refractivity contribution in [1.82, 2.24) is 4.90 Å². The van der Waals surface area contributed by atoms with Crippen LogP contribution in [0.4, 0.5) is 0 Å². The quantitative estimate of drug-likeness (QED) is 0.469. The van der Waals surface area contributed by atoms with E-state index >= 15 is 0 Å². The lowest BCUT2D eigenvalue weighted by Crippen LogP contribution is -2.29. The molecule has 1 atom stereocenters. The number of rotatable bonds is 8. The molecule has 1 unspecified atom stereocenters. The minimum absolute atomic E-state index is 0.758. The van der Waals surface area contributed by atoms with Crippen molar-refractivity contribution in [3.8, 4) is 0 Å². The number of halogens is 1. The van der Waals surface area contributed by atoms with Gasteiger partial charge < -0.3 is 4.90 Å². The van der Waals surface area contributed by atoms with Gasteiger partial charge in [-0.15, -0.1) is 0 Å². The molecule has 0 rings (SSSR count). The first kappa shape index (κ1) is 13.4. The number of alkyl halides is 1. The van der Waals surface area contributed by atoms with Crippen LogP contribution in [0.5, 0.6) is 0 Å². The predicted octanol–water partition coefficient (Wildman–Crippen LogP) is 3.67. The van der Waals surface area contributed by atoms with E-state index in [9.17, 15) is 0 Å². The molecule has 0 spiro atoms. The summed E-state index contributed by atoms with van der Waals surface area (Å²) >= 11 is 3.46. The lowest BCUT2D eigenvalue weighted by atomic mass is 10.1. The van der Waals surface area contributed by atoms with Gasteiger partial charge in [-0.25, -0.2) is 0 Å². The van der Waals surface area contributed by atoms with Crippen LogP contribution in [0.15, 0.2) is 0 Å². The highest BCUT2D eigenvalue weighted by molar-refractivity contribution is 9.09. The van der Waals surface area contributed by atoms with Gasteiger partial charge >= 0.3 is 0 Å². The Bertz CT molecular complexity index is 106. The van der Waals surface area contributed by atoms with Crippen molar-refractivity contribution in [2.45, 2.75) is 52.0 Å². The third-order valence-electron chi connectivity index (χ3n) is 2.60. The Morgan fingerprint density at radius 3 is 2.46 bits per heavy atom. The van der Waals surface area contributed by atoms with Crippen molar-refractivity contribution in [2.24, 2.45) is 0 Å². The third kappa shape index (κ3) is 7.51. The summed E-state index contributed by atoms with van der Waals surface area (Å²) in [5, 5.41) is 1.15. The molecule has 2 heteroatoms. The SMILES string of the molecule is CCCC(C)N(C)CCCCCBr. The fraction of sp³-hybridized carbons (Fsp3) is 1.00. The Kier molecular flexibility index (Phi) is 9.32. The summed E-state index contributed by atoms with van der Waals surface area (Å²) in [6, 6.07) is 0.758. The summed E-state index contributed by atoms with van der Waals surface area (Å²) in [6.07, 6.45) is 6.64. The standard InChI is InChI=1S/C11H24BrN/c1-4-8-11(2)13(3)10-7-5-6-9-12/h11H,4-10H2,1-3H3. The van der Waals surface area contributed by atoms with Gasteiger partial charge in [-0.3, -0.25) is 0 Å². The summed E-state index contributed by atoms with van der Waals surface area (Å²) in [7, 11) is 2.24. The topological polar surface area (TPSA) is 3.24 Å². The molecule has 0 aromatic heterocycles. The van der Waals surface area contributed by atoms with Gasteiger partial charge in [-0.05, 0) is 39.8 Å². The van der Waals surface area contributed by atoms with Crippen LogP contribution in [-0.2, 0) is 0 Å². The molecule has 0 N–H and O–H groups in total. The molecule has 0 amide bonds. The maximum atomic E-state index is 3.46. The van der Waals surface area contributed by atoms with Gasteiger partial charge in [-0.2, -0.15) is 0 Å². The maximum Gasteiger partial charge on any atom is 0.00637 e. The zero-order valence-electron chi connectivity index (χ0n) is 9.35. The molecule has 1 nitrogen and oxygen atoms in total. The van der Waals surface area contributed by atoms with E-state index in [0.717, 1.165) is 11.4 Å². The number of nitrogens with zero attached hydrogens (tertiary/aromatic N) is 1. The smallest absolute Gasteiger partial charge is 0.00637 e. The van der Waals surface area contributed by atoms with Gasteiger partial charge in [-0.1, -0.05) is 35.7 Å². The van der Waals surface area contributed by atoms with E-state index in [0.29, 0.717) is 0 Å². The Labute approximate surface area is 92.0 Å². The first-order valence-corrected chi connectivity index (χ1v) is 6.60. The van der Waals surface area contributed by atoms with Gasteiger partial charge in [0.1, 0.15) is 0 Å². The molecule has 80 valence electrons. The Hall–Kier alpha value is 0.440.